The van der Waals surface area contributed by atoms with Crippen molar-refractivity contribution in [3.63, 3.8) is 0 Å². The van der Waals surface area contributed by atoms with Crippen LogP contribution >= 0.6 is 0 Å². The third-order valence-electron chi connectivity index (χ3n) is 3.03. The molecule has 0 spiro atoms. The van der Waals surface area contributed by atoms with Crippen LogP contribution in [0.1, 0.15) is 27.7 Å². The Morgan fingerprint density at radius 1 is 0.833 bits per heavy atom. The first kappa shape index (κ1) is 19.8. The predicted molar refractivity (Wildman–Crippen MR) is 76.1 cm³/mol. The van der Waals surface area contributed by atoms with Gasteiger partial charge in [-0.05, 0) is 0 Å². The second kappa shape index (κ2) is 8.60. The molecule has 24 heavy (non-hydrogen) atoms. The molecule has 3 unspecified atom stereocenters. The van der Waals surface area contributed by atoms with E-state index in [1.54, 1.807) is 0 Å². The zero-order valence-electron chi connectivity index (χ0n) is 13.8. The first-order valence-corrected chi connectivity index (χ1v) is 7.18. The van der Waals surface area contributed by atoms with Crippen molar-refractivity contribution < 1.29 is 42.9 Å². The average molecular weight is 347 g/mol. The first-order valence-electron chi connectivity index (χ1n) is 7.18. The molecule has 0 amide bonds. The molecule has 1 rings (SSSR count). The van der Waals surface area contributed by atoms with Crippen LogP contribution < -0.4 is 5.73 Å². The SMILES string of the molecule is CC(=O)OCC1OC(OC(C)=O)[C@@H](N)C(OC(C)=O)[C@H]1OC(C)=O. The van der Waals surface area contributed by atoms with Gasteiger partial charge in [-0.3, -0.25) is 19.2 Å². The van der Waals surface area contributed by atoms with E-state index in [2.05, 4.69) is 0 Å². The Hall–Kier alpha value is -2.20. The van der Waals surface area contributed by atoms with Gasteiger partial charge >= 0.3 is 23.9 Å². The maximum atomic E-state index is 11.3. The Morgan fingerprint density at radius 2 is 1.33 bits per heavy atom. The van der Waals surface area contributed by atoms with E-state index in [1.165, 1.54) is 6.92 Å². The number of hydrogen-bond donors (Lipinski definition) is 1. The van der Waals surface area contributed by atoms with Gasteiger partial charge in [0.25, 0.3) is 0 Å². The molecular weight excluding hydrogens is 326 g/mol. The Labute approximate surface area is 138 Å². The van der Waals surface area contributed by atoms with E-state index >= 15 is 0 Å². The molecule has 0 aliphatic carbocycles. The van der Waals surface area contributed by atoms with E-state index in [0.29, 0.717) is 0 Å². The molecule has 2 N–H and O–H groups in total. The fraction of sp³-hybridized carbons (Fsp3) is 0.714. The van der Waals surface area contributed by atoms with Crippen molar-refractivity contribution in [3.05, 3.63) is 0 Å². The lowest BCUT2D eigenvalue weighted by Gasteiger charge is -2.42. The first-order chi connectivity index (χ1) is 11.1. The van der Waals surface area contributed by atoms with Gasteiger partial charge in [0.1, 0.15) is 18.8 Å². The van der Waals surface area contributed by atoms with Crippen LogP contribution in [0.5, 0.6) is 0 Å². The molecule has 1 heterocycles. The minimum absolute atomic E-state index is 0.310. The highest BCUT2D eigenvalue weighted by atomic mass is 16.7. The summed E-state index contributed by atoms with van der Waals surface area (Å²) in [4.78, 5) is 44.9. The van der Waals surface area contributed by atoms with Gasteiger partial charge in [0.15, 0.2) is 12.2 Å². The second-order valence-electron chi connectivity index (χ2n) is 5.18. The summed E-state index contributed by atoms with van der Waals surface area (Å²) >= 11 is 0. The Kier molecular flexibility index (Phi) is 7.11. The van der Waals surface area contributed by atoms with E-state index in [-0.39, 0.29) is 6.61 Å². The maximum absolute atomic E-state index is 11.3. The topological polar surface area (TPSA) is 140 Å². The summed E-state index contributed by atoms with van der Waals surface area (Å²) in [5.41, 5.74) is 5.93. The molecule has 136 valence electrons. The van der Waals surface area contributed by atoms with E-state index in [4.69, 9.17) is 29.4 Å². The van der Waals surface area contributed by atoms with Crippen LogP contribution in [0.4, 0.5) is 0 Å². The fourth-order valence-electron chi connectivity index (χ4n) is 2.20. The Bertz CT molecular complexity index is 490. The normalized spacial score (nSPS) is 29.3. The molecule has 0 aromatic carbocycles. The Morgan fingerprint density at radius 3 is 1.79 bits per heavy atom. The highest BCUT2D eigenvalue weighted by Crippen LogP contribution is 2.26. The molecule has 0 aromatic rings. The zero-order chi connectivity index (χ0) is 18.4. The molecule has 10 heteroatoms. The molecule has 1 aliphatic rings. The summed E-state index contributed by atoms with van der Waals surface area (Å²) in [6.07, 6.45) is -4.58. The van der Waals surface area contributed by atoms with E-state index in [1.807, 2.05) is 0 Å². The van der Waals surface area contributed by atoms with Crippen molar-refractivity contribution in [1.82, 2.24) is 0 Å². The standard InChI is InChI=1S/C14H21NO9/c1-6(16)20-5-10-12(21-7(2)17)13(22-8(3)18)11(15)14(24-10)23-9(4)19/h10-14H,5,15H2,1-4H3/t10?,11-,12-,13?,14?/m0/s1. The van der Waals surface area contributed by atoms with Crippen LogP contribution in [0.3, 0.4) is 0 Å². The van der Waals surface area contributed by atoms with Gasteiger partial charge in [0.05, 0.1) is 0 Å². The van der Waals surface area contributed by atoms with E-state index in [0.717, 1.165) is 20.8 Å². The van der Waals surface area contributed by atoms with Gasteiger partial charge in [-0.25, -0.2) is 0 Å². The lowest BCUT2D eigenvalue weighted by atomic mass is 9.97. The minimum atomic E-state index is -1.26. The van der Waals surface area contributed by atoms with Gasteiger partial charge in [0, 0.05) is 27.7 Å². The molecule has 0 saturated carbocycles. The average Bonchev–Trinajstić information content (AvgIpc) is 2.42. The summed E-state index contributed by atoms with van der Waals surface area (Å²) in [5.74, 6) is -2.62. The minimum Gasteiger partial charge on any atom is -0.463 e. The molecular formula is C14H21NO9. The number of nitrogens with two attached hydrogens (primary N) is 1. The van der Waals surface area contributed by atoms with Gasteiger partial charge in [-0.15, -0.1) is 0 Å². The number of carbonyl (C=O) groups is 4. The van der Waals surface area contributed by atoms with Crippen molar-refractivity contribution >= 4 is 23.9 Å². The Balaban J connectivity index is 3.08. The van der Waals surface area contributed by atoms with Crippen LogP contribution in [0, 0.1) is 0 Å². The van der Waals surface area contributed by atoms with Gasteiger partial charge in [0.2, 0.25) is 6.29 Å². The highest BCUT2D eigenvalue weighted by molar-refractivity contribution is 5.68. The van der Waals surface area contributed by atoms with Crippen molar-refractivity contribution in [2.24, 2.45) is 5.73 Å². The van der Waals surface area contributed by atoms with Crippen molar-refractivity contribution in [2.75, 3.05) is 6.61 Å². The van der Waals surface area contributed by atoms with Crippen molar-refractivity contribution in [3.8, 4) is 0 Å². The molecule has 0 aromatic heterocycles. The number of hydrogen-bond acceptors (Lipinski definition) is 10. The molecule has 1 saturated heterocycles. The summed E-state index contributed by atoms with van der Waals surface area (Å²) in [6.45, 7) is 4.32. The summed E-state index contributed by atoms with van der Waals surface area (Å²) in [6, 6.07) is -1.10. The molecule has 5 atom stereocenters. The smallest absolute Gasteiger partial charge is 0.304 e. The van der Waals surface area contributed by atoms with Crippen LogP contribution in [-0.4, -0.2) is 61.1 Å². The van der Waals surface area contributed by atoms with Gasteiger partial charge in [-0.1, -0.05) is 0 Å². The maximum Gasteiger partial charge on any atom is 0.304 e. The van der Waals surface area contributed by atoms with Gasteiger partial charge in [-0.2, -0.15) is 0 Å². The van der Waals surface area contributed by atoms with E-state index < -0.39 is 54.5 Å². The molecule has 1 aliphatic heterocycles. The zero-order valence-corrected chi connectivity index (χ0v) is 13.8. The fourth-order valence-corrected chi connectivity index (χ4v) is 2.20. The van der Waals surface area contributed by atoms with Crippen molar-refractivity contribution in [2.45, 2.75) is 58.3 Å². The van der Waals surface area contributed by atoms with Crippen LogP contribution in [0.15, 0.2) is 0 Å². The number of esters is 4. The quantitative estimate of drug-likeness (QED) is 0.487. The van der Waals surface area contributed by atoms with Crippen LogP contribution in [-0.2, 0) is 42.9 Å². The van der Waals surface area contributed by atoms with Crippen LogP contribution in [0.25, 0.3) is 0 Å². The molecule has 1 fully saturated rings. The van der Waals surface area contributed by atoms with E-state index in [9.17, 15) is 19.2 Å². The molecule has 10 nitrogen and oxygen atoms in total. The lowest BCUT2D eigenvalue weighted by molar-refractivity contribution is -0.267. The summed E-state index contributed by atoms with van der Waals surface area (Å²) in [7, 11) is 0. The third kappa shape index (κ3) is 5.78. The predicted octanol–water partition coefficient (Wildman–Crippen LogP) is -0.972. The molecule has 0 radical (unpaired) electrons. The van der Waals surface area contributed by atoms with Crippen LogP contribution in [0.2, 0.25) is 0 Å². The molecule has 0 bridgehead atoms. The number of rotatable bonds is 5. The second-order valence-corrected chi connectivity index (χ2v) is 5.18. The largest absolute Gasteiger partial charge is 0.463 e. The summed E-state index contributed by atoms with van der Waals surface area (Å²) < 4.78 is 25.5. The lowest BCUT2D eigenvalue weighted by Crippen LogP contribution is -2.65. The number of carbonyl (C=O) groups excluding carboxylic acids is 4. The summed E-state index contributed by atoms with van der Waals surface area (Å²) in [5, 5.41) is 0. The van der Waals surface area contributed by atoms with Gasteiger partial charge < -0.3 is 29.4 Å². The third-order valence-corrected chi connectivity index (χ3v) is 3.03. The monoisotopic (exact) mass is 347 g/mol. The number of ether oxygens (including phenoxy) is 5. The van der Waals surface area contributed by atoms with Crippen molar-refractivity contribution in [1.29, 1.82) is 0 Å². The highest BCUT2D eigenvalue weighted by Gasteiger charge is 2.50.